The van der Waals surface area contributed by atoms with E-state index in [1.165, 1.54) is 17.0 Å². The van der Waals surface area contributed by atoms with Crippen LogP contribution in [0, 0.1) is 18.3 Å². The smallest absolute Gasteiger partial charge is 0.384 e. The highest BCUT2D eigenvalue weighted by atomic mass is 19.4. The van der Waals surface area contributed by atoms with Gasteiger partial charge in [-0.1, -0.05) is 17.7 Å². The maximum atomic E-state index is 13.6. The van der Waals surface area contributed by atoms with E-state index in [1.807, 2.05) is 13.0 Å². The van der Waals surface area contributed by atoms with E-state index in [9.17, 15) is 28.0 Å². The fourth-order valence-corrected chi connectivity index (χ4v) is 5.20. The van der Waals surface area contributed by atoms with Gasteiger partial charge in [-0.3, -0.25) is 14.5 Å². The van der Waals surface area contributed by atoms with E-state index in [1.54, 1.807) is 12.1 Å². The molecule has 1 atom stereocenters. The number of carbonyl (C=O) groups excluding carboxylic acids is 2. The number of ketones is 1. The van der Waals surface area contributed by atoms with Gasteiger partial charge in [0.25, 0.3) is 0 Å². The Morgan fingerprint density at radius 1 is 1.12 bits per heavy atom. The van der Waals surface area contributed by atoms with E-state index < -0.39 is 23.1 Å². The molecule has 0 radical (unpaired) electrons. The van der Waals surface area contributed by atoms with E-state index in [-0.39, 0.29) is 34.9 Å². The lowest BCUT2D eigenvalue weighted by Crippen LogP contribution is -2.50. The number of Topliss-reactive ketones (excluding diaryl/α,β-unsaturated/α-hetero) is 1. The molecule has 1 amide bonds. The predicted molar refractivity (Wildman–Crippen MR) is 118 cm³/mol. The van der Waals surface area contributed by atoms with Crippen molar-refractivity contribution in [2.45, 2.75) is 37.8 Å². The van der Waals surface area contributed by atoms with Gasteiger partial charge in [-0.05, 0) is 50.1 Å². The summed E-state index contributed by atoms with van der Waals surface area (Å²) in [7, 11) is 0. The van der Waals surface area contributed by atoms with Crippen LogP contribution in [-0.2, 0) is 21.2 Å². The molecule has 2 aromatic carbocycles. The summed E-state index contributed by atoms with van der Waals surface area (Å²) < 4.78 is 39.3. The number of amides is 1. The number of carbonyl (C=O) groups is 2. The van der Waals surface area contributed by atoms with Gasteiger partial charge in [0.1, 0.15) is 17.3 Å². The van der Waals surface area contributed by atoms with Gasteiger partial charge in [0.15, 0.2) is 5.78 Å². The van der Waals surface area contributed by atoms with E-state index in [2.05, 4.69) is 11.4 Å². The first-order valence-electron chi connectivity index (χ1n) is 10.7. The van der Waals surface area contributed by atoms with Crippen molar-refractivity contribution in [3.8, 4) is 6.07 Å². The Morgan fingerprint density at radius 2 is 1.82 bits per heavy atom. The number of benzene rings is 2. The molecule has 0 saturated heterocycles. The molecule has 6 nitrogen and oxygen atoms in total. The number of alkyl halides is 3. The second kappa shape index (κ2) is 7.22. The van der Waals surface area contributed by atoms with Crippen LogP contribution in [0.3, 0.4) is 0 Å². The summed E-state index contributed by atoms with van der Waals surface area (Å²) in [5.74, 6) is -0.912. The van der Waals surface area contributed by atoms with Crippen LogP contribution in [0.2, 0.25) is 0 Å². The number of nitrogens with one attached hydrogen (secondary N) is 1. The van der Waals surface area contributed by atoms with E-state index >= 15 is 0 Å². The summed E-state index contributed by atoms with van der Waals surface area (Å²) in [6, 6.07) is 11.7. The molecule has 1 spiro atoms. The standard InChI is InChI=1S/C25H19F3N4O2/c1-13-5-10-18-16(11-13)24(23(34)31-18)17(12-29)22(30)32(19-3-2-4-20(33)21(19)24)15-8-6-14(7-9-15)25(26,27)28/h5-11H,2-4,30H2,1H3,(H,31,34). The van der Waals surface area contributed by atoms with Crippen molar-refractivity contribution in [1.29, 1.82) is 5.26 Å². The monoisotopic (exact) mass is 464 g/mol. The molecule has 172 valence electrons. The number of hydrogen-bond donors (Lipinski definition) is 2. The zero-order valence-corrected chi connectivity index (χ0v) is 18.1. The number of hydrogen-bond acceptors (Lipinski definition) is 5. The predicted octanol–water partition coefficient (Wildman–Crippen LogP) is 4.42. The zero-order valence-electron chi connectivity index (χ0n) is 18.1. The van der Waals surface area contributed by atoms with Crippen LogP contribution in [0.5, 0.6) is 0 Å². The Labute approximate surface area is 193 Å². The third kappa shape index (κ3) is 2.81. The fourth-order valence-electron chi connectivity index (χ4n) is 5.20. The van der Waals surface area contributed by atoms with Gasteiger partial charge in [-0.25, -0.2) is 0 Å². The number of nitriles is 1. The third-order valence-electron chi connectivity index (χ3n) is 6.63. The molecule has 1 aliphatic carbocycles. The summed E-state index contributed by atoms with van der Waals surface area (Å²) >= 11 is 0. The molecule has 0 saturated carbocycles. The van der Waals surface area contributed by atoms with E-state index in [4.69, 9.17) is 5.73 Å². The van der Waals surface area contributed by atoms with Crippen molar-refractivity contribution < 1.29 is 22.8 Å². The molecule has 9 heteroatoms. The van der Waals surface area contributed by atoms with Crippen molar-refractivity contribution >= 4 is 23.1 Å². The number of rotatable bonds is 1. The van der Waals surface area contributed by atoms with E-state index in [0.717, 1.165) is 17.7 Å². The van der Waals surface area contributed by atoms with Gasteiger partial charge in [-0.15, -0.1) is 0 Å². The highest BCUT2D eigenvalue weighted by molar-refractivity contribution is 6.19. The first kappa shape index (κ1) is 21.8. The molecule has 34 heavy (non-hydrogen) atoms. The van der Waals surface area contributed by atoms with Gasteiger partial charge in [0.2, 0.25) is 5.91 Å². The number of halogens is 3. The molecule has 0 aromatic heterocycles. The van der Waals surface area contributed by atoms with E-state index in [0.29, 0.717) is 29.8 Å². The molecule has 0 fully saturated rings. The molecule has 3 N–H and O–H groups in total. The van der Waals surface area contributed by atoms with Crippen molar-refractivity contribution in [2.75, 3.05) is 10.2 Å². The highest BCUT2D eigenvalue weighted by Crippen LogP contribution is 2.55. The molecule has 0 bridgehead atoms. The molecular formula is C25H19F3N4O2. The van der Waals surface area contributed by atoms with Crippen LogP contribution >= 0.6 is 0 Å². The lowest BCUT2D eigenvalue weighted by atomic mass is 9.63. The first-order valence-corrected chi connectivity index (χ1v) is 10.7. The Kier molecular flexibility index (Phi) is 4.62. The molecule has 3 aliphatic rings. The minimum absolute atomic E-state index is 0.0831. The van der Waals surface area contributed by atoms with Crippen LogP contribution in [0.15, 0.2) is 65.1 Å². The maximum Gasteiger partial charge on any atom is 0.416 e. The first-order chi connectivity index (χ1) is 16.1. The second-order valence-corrected chi connectivity index (χ2v) is 8.60. The van der Waals surface area contributed by atoms with Crippen molar-refractivity contribution in [2.24, 2.45) is 5.73 Å². The average Bonchev–Trinajstić information content (AvgIpc) is 3.05. The summed E-state index contributed by atoms with van der Waals surface area (Å²) in [5.41, 5.74) is 6.50. The summed E-state index contributed by atoms with van der Waals surface area (Å²) in [4.78, 5) is 28.4. The summed E-state index contributed by atoms with van der Waals surface area (Å²) in [6.45, 7) is 1.84. The topological polar surface area (TPSA) is 99.2 Å². The van der Waals surface area contributed by atoms with Gasteiger partial charge in [-0.2, -0.15) is 18.4 Å². The normalized spacial score (nSPS) is 22.0. The van der Waals surface area contributed by atoms with Crippen molar-refractivity contribution in [3.63, 3.8) is 0 Å². The van der Waals surface area contributed by atoms with Gasteiger partial charge in [0, 0.05) is 34.6 Å². The molecule has 2 aromatic rings. The van der Waals surface area contributed by atoms with Gasteiger partial charge >= 0.3 is 6.18 Å². The minimum Gasteiger partial charge on any atom is -0.384 e. The number of fused-ring (bicyclic) bond motifs is 3. The molecule has 2 heterocycles. The van der Waals surface area contributed by atoms with Crippen LogP contribution in [0.4, 0.5) is 24.5 Å². The average molecular weight is 464 g/mol. The summed E-state index contributed by atoms with van der Waals surface area (Å²) in [5, 5.41) is 13.0. The number of anilines is 2. The number of nitrogens with two attached hydrogens (primary N) is 1. The number of allylic oxidation sites excluding steroid dienone is 1. The molecule has 1 unspecified atom stereocenters. The number of nitrogens with zero attached hydrogens (tertiary/aromatic N) is 2. The Balaban J connectivity index is 1.81. The van der Waals surface area contributed by atoms with Crippen LogP contribution < -0.4 is 16.0 Å². The van der Waals surface area contributed by atoms with Crippen molar-refractivity contribution in [1.82, 2.24) is 0 Å². The lowest BCUT2D eigenvalue weighted by Gasteiger charge is -2.43. The van der Waals surface area contributed by atoms with Crippen LogP contribution in [-0.4, -0.2) is 11.7 Å². The largest absolute Gasteiger partial charge is 0.416 e. The Hall–Kier alpha value is -4.06. The molecule has 2 aliphatic heterocycles. The van der Waals surface area contributed by atoms with Crippen LogP contribution in [0.25, 0.3) is 0 Å². The second-order valence-electron chi connectivity index (χ2n) is 8.60. The Bertz CT molecular complexity index is 1370. The third-order valence-corrected chi connectivity index (χ3v) is 6.63. The summed E-state index contributed by atoms with van der Waals surface area (Å²) in [6.07, 6.45) is -3.47. The van der Waals surface area contributed by atoms with Crippen molar-refractivity contribution in [3.05, 3.63) is 81.8 Å². The zero-order chi connectivity index (χ0) is 24.4. The highest BCUT2D eigenvalue weighted by Gasteiger charge is 2.60. The fraction of sp³-hybridized carbons (Fsp3) is 0.240. The Morgan fingerprint density at radius 3 is 2.47 bits per heavy atom. The minimum atomic E-state index is -4.52. The maximum absolute atomic E-state index is 13.6. The van der Waals surface area contributed by atoms with Gasteiger partial charge < -0.3 is 11.1 Å². The quantitative estimate of drug-likeness (QED) is 0.651. The SMILES string of the molecule is Cc1ccc2c(c1)C1(C(=O)N2)C(C#N)=C(N)N(c2ccc(C(F)(F)F)cc2)C2=C1C(=O)CCC2. The lowest BCUT2D eigenvalue weighted by molar-refractivity contribution is -0.137. The molecule has 5 rings (SSSR count). The van der Waals surface area contributed by atoms with Gasteiger partial charge in [0.05, 0.1) is 11.1 Å². The van der Waals surface area contributed by atoms with Crippen LogP contribution in [0.1, 0.15) is 36.0 Å². The molecular weight excluding hydrogens is 445 g/mol. The number of aryl methyl sites for hydroxylation is 1.